The Morgan fingerprint density at radius 1 is 1.48 bits per heavy atom. The normalized spacial score (nSPS) is 20.8. The van der Waals surface area contributed by atoms with Crippen molar-refractivity contribution >= 4 is 17.3 Å². The Morgan fingerprint density at radius 2 is 2.24 bits per heavy atom. The third kappa shape index (κ3) is 4.11. The molecule has 1 amide bonds. The van der Waals surface area contributed by atoms with Crippen molar-refractivity contribution < 1.29 is 9.53 Å². The first-order chi connectivity index (χ1) is 9.91. The number of ether oxygens (including phenoxy) is 1. The van der Waals surface area contributed by atoms with Crippen LogP contribution < -0.4 is 16.4 Å². The minimum atomic E-state index is -0.106. The number of amides is 1. The molecule has 5 nitrogen and oxygen atoms in total. The summed E-state index contributed by atoms with van der Waals surface area (Å²) >= 11 is 0. The number of carbonyl (C=O) groups is 1. The molecular weight excluding hydrogens is 266 g/mol. The fraction of sp³-hybridized carbons (Fsp3) is 0.562. The molecule has 2 rings (SSSR count). The van der Waals surface area contributed by atoms with Crippen LogP contribution in [0.5, 0.6) is 0 Å². The standard InChI is InChI=1S/C16H25N3O2/c1-4-18-15(20)11-5-6-14(13(17)9-11)19-12-7-8-21-16(2,3)10-12/h5-6,9,12,19H,4,7-8,10,17H2,1-3H3,(H,18,20). The number of hydrogen-bond donors (Lipinski definition) is 3. The summed E-state index contributed by atoms with van der Waals surface area (Å²) in [5, 5.41) is 6.24. The molecule has 0 radical (unpaired) electrons. The van der Waals surface area contributed by atoms with Gasteiger partial charge in [0.15, 0.2) is 0 Å². The molecular formula is C16H25N3O2. The Bertz CT molecular complexity index is 514. The predicted molar refractivity (Wildman–Crippen MR) is 85.5 cm³/mol. The molecule has 1 unspecified atom stereocenters. The van der Waals surface area contributed by atoms with Crippen LogP contribution in [-0.2, 0) is 4.74 Å². The molecule has 0 aromatic heterocycles. The van der Waals surface area contributed by atoms with Crippen molar-refractivity contribution in [1.82, 2.24) is 5.32 Å². The first-order valence-corrected chi connectivity index (χ1v) is 7.49. The van der Waals surface area contributed by atoms with Gasteiger partial charge in [-0.1, -0.05) is 0 Å². The number of rotatable bonds is 4. The van der Waals surface area contributed by atoms with Crippen LogP contribution in [0.4, 0.5) is 11.4 Å². The van der Waals surface area contributed by atoms with E-state index in [4.69, 9.17) is 10.5 Å². The number of nitrogens with one attached hydrogen (secondary N) is 2. The SMILES string of the molecule is CCNC(=O)c1ccc(NC2CCOC(C)(C)C2)c(N)c1. The van der Waals surface area contributed by atoms with Crippen molar-refractivity contribution in [2.45, 2.75) is 45.3 Å². The number of nitrogen functional groups attached to an aromatic ring is 1. The van der Waals surface area contributed by atoms with Gasteiger partial charge in [0.05, 0.1) is 17.0 Å². The van der Waals surface area contributed by atoms with Crippen molar-refractivity contribution in [2.24, 2.45) is 0 Å². The van der Waals surface area contributed by atoms with Gasteiger partial charge >= 0.3 is 0 Å². The Kier molecular flexibility index (Phi) is 4.73. The third-order valence-electron chi connectivity index (χ3n) is 3.71. The monoisotopic (exact) mass is 291 g/mol. The van der Waals surface area contributed by atoms with E-state index in [0.29, 0.717) is 23.8 Å². The molecule has 0 aliphatic carbocycles. The topological polar surface area (TPSA) is 76.4 Å². The van der Waals surface area contributed by atoms with Crippen LogP contribution in [-0.4, -0.2) is 30.7 Å². The molecule has 4 N–H and O–H groups in total. The summed E-state index contributed by atoms with van der Waals surface area (Å²) in [4.78, 5) is 11.8. The highest BCUT2D eigenvalue weighted by Crippen LogP contribution is 2.28. The van der Waals surface area contributed by atoms with Gasteiger partial charge in [-0.3, -0.25) is 4.79 Å². The zero-order valence-electron chi connectivity index (χ0n) is 13.0. The Hall–Kier alpha value is -1.75. The second kappa shape index (κ2) is 6.35. The quantitative estimate of drug-likeness (QED) is 0.744. The largest absolute Gasteiger partial charge is 0.397 e. The highest BCUT2D eigenvalue weighted by atomic mass is 16.5. The molecule has 1 aromatic rings. The Balaban J connectivity index is 2.06. The molecule has 0 spiro atoms. The third-order valence-corrected chi connectivity index (χ3v) is 3.71. The van der Waals surface area contributed by atoms with E-state index in [2.05, 4.69) is 24.5 Å². The second-order valence-corrected chi connectivity index (χ2v) is 6.10. The molecule has 1 aliphatic heterocycles. The summed E-state index contributed by atoms with van der Waals surface area (Å²) in [5.41, 5.74) is 8.03. The van der Waals surface area contributed by atoms with E-state index in [9.17, 15) is 4.79 Å². The highest BCUT2D eigenvalue weighted by molar-refractivity contribution is 5.96. The molecule has 1 aromatic carbocycles. The summed E-state index contributed by atoms with van der Waals surface area (Å²) in [6.45, 7) is 7.45. The van der Waals surface area contributed by atoms with Crippen LogP contribution in [0.1, 0.15) is 44.0 Å². The van der Waals surface area contributed by atoms with Gasteiger partial charge in [-0.05, 0) is 51.8 Å². The number of nitrogens with two attached hydrogens (primary N) is 1. The van der Waals surface area contributed by atoms with Crippen molar-refractivity contribution in [1.29, 1.82) is 0 Å². The Morgan fingerprint density at radius 3 is 2.86 bits per heavy atom. The lowest BCUT2D eigenvalue weighted by molar-refractivity contribution is -0.0553. The fourth-order valence-corrected chi connectivity index (χ4v) is 2.67. The molecule has 21 heavy (non-hydrogen) atoms. The summed E-state index contributed by atoms with van der Waals surface area (Å²) in [5.74, 6) is -0.0945. The molecule has 1 fully saturated rings. The van der Waals surface area contributed by atoms with Gasteiger partial charge in [-0.25, -0.2) is 0 Å². The van der Waals surface area contributed by atoms with Gasteiger partial charge < -0.3 is 21.1 Å². The maximum absolute atomic E-state index is 11.8. The molecule has 116 valence electrons. The van der Waals surface area contributed by atoms with Crippen molar-refractivity contribution in [2.75, 3.05) is 24.2 Å². The molecule has 5 heteroatoms. The minimum Gasteiger partial charge on any atom is -0.397 e. The molecule has 1 heterocycles. The molecule has 1 atom stereocenters. The maximum atomic E-state index is 11.8. The van der Waals surface area contributed by atoms with Crippen LogP contribution in [0.25, 0.3) is 0 Å². The molecule has 1 aliphatic rings. The van der Waals surface area contributed by atoms with Gasteiger partial charge in [0, 0.05) is 24.8 Å². The van der Waals surface area contributed by atoms with Gasteiger partial charge in [-0.2, -0.15) is 0 Å². The van der Waals surface area contributed by atoms with Crippen LogP contribution in [0, 0.1) is 0 Å². The first kappa shape index (κ1) is 15.6. The van der Waals surface area contributed by atoms with Gasteiger partial charge in [0.2, 0.25) is 0 Å². The summed E-state index contributed by atoms with van der Waals surface area (Å²) < 4.78 is 5.72. The predicted octanol–water partition coefficient (Wildman–Crippen LogP) is 2.39. The van der Waals surface area contributed by atoms with Crippen molar-refractivity contribution in [3.63, 3.8) is 0 Å². The smallest absolute Gasteiger partial charge is 0.251 e. The second-order valence-electron chi connectivity index (χ2n) is 6.10. The Labute approximate surface area is 126 Å². The molecule has 0 saturated carbocycles. The lowest BCUT2D eigenvalue weighted by Crippen LogP contribution is -2.40. The highest BCUT2D eigenvalue weighted by Gasteiger charge is 2.28. The van der Waals surface area contributed by atoms with E-state index in [1.807, 2.05) is 13.0 Å². The van der Waals surface area contributed by atoms with Crippen LogP contribution in [0.2, 0.25) is 0 Å². The van der Waals surface area contributed by atoms with E-state index in [-0.39, 0.29) is 11.5 Å². The summed E-state index contributed by atoms with van der Waals surface area (Å²) in [6, 6.07) is 5.74. The van der Waals surface area contributed by atoms with Crippen molar-refractivity contribution in [3.05, 3.63) is 23.8 Å². The van der Waals surface area contributed by atoms with Gasteiger partial charge in [0.1, 0.15) is 0 Å². The number of hydrogen-bond acceptors (Lipinski definition) is 4. The van der Waals surface area contributed by atoms with Gasteiger partial charge in [0.25, 0.3) is 5.91 Å². The van der Waals surface area contributed by atoms with E-state index in [1.54, 1.807) is 12.1 Å². The number of anilines is 2. The lowest BCUT2D eigenvalue weighted by Gasteiger charge is -2.36. The van der Waals surface area contributed by atoms with Crippen molar-refractivity contribution in [3.8, 4) is 0 Å². The zero-order chi connectivity index (χ0) is 15.5. The average Bonchev–Trinajstić information content (AvgIpc) is 2.40. The zero-order valence-corrected chi connectivity index (χ0v) is 13.0. The van der Waals surface area contributed by atoms with Crippen LogP contribution in [0.15, 0.2) is 18.2 Å². The number of benzene rings is 1. The number of carbonyl (C=O) groups excluding carboxylic acids is 1. The van der Waals surface area contributed by atoms with E-state index < -0.39 is 0 Å². The summed E-state index contributed by atoms with van der Waals surface area (Å²) in [7, 11) is 0. The summed E-state index contributed by atoms with van der Waals surface area (Å²) in [6.07, 6.45) is 1.89. The lowest BCUT2D eigenvalue weighted by atomic mass is 9.93. The van der Waals surface area contributed by atoms with E-state index in [0.717, 1.165) is 25.1 Å². The van der Waals surface area contributed by atoms with E-state index in [1.165, 1.54) is 0 Å². The van der Waals surface area contributed by atoms with Crippen LogP contribution in [0.3, 0.4) is 0 Å². The van der Waals surface area contributed by atoms with Gasteiger partial charge in [-0.15, -0.1) is 0 Å². The molecule has 1 saturated heterocycles. The minimum absolute atomic E-state index is 0.0945. The van der Waals surface area contributed by atoms with Crippen LogP contribution >= 0.6 is 0 Å². The first-order valence-electron chi connectivity index (χ1n) is 7.49. The fourth-order valence-electron chi connectivity index (χ4n) is 2.67. The average molecular weight is 291 g/mol. The molecule has 0 bridgehead atoms. The maximum Gasteiger partial charge on any atom is 0.251 e. The van der Waals surface area contributed by atoms with E-state index >= 15 is 0 Å².